The molecule has 1 fully saturated rings. The fraction of sp³-hybridized carbons (Fsp3) is 0.500. The van der Waals surface area contributed by atoms with E-state index in [9.17, 15) is 5.11 Å². The van der Waals surface area contributed by atoms with Crippen LogP contribution in [0.2, 0.25) is 0 Å². The van der Waals surface area contributed by atoms with Crippen LogP contribution in [-0.2, 0) is 0 Å². The molecule has 98 valence electrons. The minimum atomic E-state index is -0.253. The Labute approximate surface area is 114 Å². The summed E-state index contributed by atoms with van der Waals surface area (Å²) in [5, 5.41) is 13.7. The number of aryl methyl sites for hydroxylation is 1. The monoisotopic (exact) mass is 264 g/mol. The molecule has 0 bridgehead atoms. The third kappa shape index (κ3) is 3.00. The number of rotatable bonds is 1. The van der Waals surface area contributed by atoms with E-state index in [1.165, 1.54) is 11.1 Å². The molecule has 0 radical (unpaired) electrons. The van der Waals surface area contributed by atoms with E-state index in [0.717, 1.165) is 25.1 Å². The number of anilines is 1. The van der Waals surface area contributed by atoms with E-state index >= 15 is 0 Å². The predicted octanol–water partition coefficient (Wildman–Crippen LogP) is 2.46. The molecule has 0 unspecified atom stereocenters. The molecule has 1 saturated heterocycles. The van der Waals surface area contributed by atoms with Crippen molar-refractivity contribution in [3.63, 3.8) is 0 Å². The van der Waals surface area contributed by atoms with Gasteiger partial charge >= 0.3 is 0 Å². The van der Waals surface area contributed by atoms with Crippen molar-refractivity contribution >= 4 is 23.0 Å². The molecule has 1 aromatic rings. The van der Waals surface area contributed by atoms with Crippen LogP contribution in [0, 0.1) is 13.8 Å². The minimum Gasteiger partial charge on any atom is -0.391 e. The van der Waals surface area contributed by atoms with E-state index in [1.807, 2.05) is 17.0 Å². The lowest BCUT2D eigenvalue weighted by Gasteiger charge is -2.32. The van der Waals surface area contributed by atoms with Gasteiger partial charge in [-0.2, -0.15) is 0 Å². The molecule has 4 heteroatoms. The van der Waals surface area contributed by atoms with Crippen LogP contribution in [0.1, 0.15) is 24.0 Å². The minimum absolute atomic E-state index is 0.253. The molecular formula is C14H20N2OS. The van der Waals surface area contributed by atoms with Gasteiger partial charge in [0.1, 0.15) is 0 Å². The largest absolute Gasteiger partial charge is 0.391 e. The molecule has 3 nitrogen and oxygen atoms in total. The summed E-state index contributed by atoms with van der Waals surface area (Å²) in [6, 6.07) is 6.15. The van der Waals surface area contributed by atoms with E-state index in [0.29, 0.717) is 11.7 Å². The highest BCUT2D eigenvalue weighted by molar-refractivity contribution is 7.80. The van der Waals surface area contributed by atoms with Crippen molar-refractivity contribution in [2.45, 2.75) is 32.8 Å². The van der Waals surface area contributed by atoms with Gasteiger partial charge in [-0.25, -0.2) is 0 Å². The number of piperidine rings is 1. The molecule has 1 atom stereocenters. The Morgan fingerprint density at radius 1 is 1.44 bits per heavy atom. The quantitative estimate of drug-likeness (QED) is 0.764. The molecule has 1 aromatic carbocycles. The van der Waals surface area contributed by atoms with Crippen molar-refractivity contribution in [2.75, 3.05) is 18.4 Å². The van der Waals surface area contributed by atoms with E-state index < -0.39 is 0 Å². The summed E-state index contributed by atoms with van der Waals surface area (Å²) in [6.45, 7) is 5.74. The van der Waals surface area contributed by atoms with Crippen LogP contribution in [-0.4, -0.2) is 34.3 Å². The maximum Gasteiger partial charge on any atom is 0.173 e. The number of β-amino-alcohol motifs (C(OH)–C–C–N with tert-alkyl or cyclic N) is 1. The van der Waals surface area contributed by atoms with Crippen LogP contribution >= 0.6 is 12.2 Å². The second kappa shape index (κ2) is 5.67. The summed E-state index contributed by atoms with van der Waals surface area (Å²) in [6.07, 6.45) is 1.62. The molecule has 1 aliphatic heterocycles. The average Bonchev–Trinajstić information content (AvgIpc) is 2.35. The Bertz CT molecular complexity index is 447. The van der Waals surface area contributed by atoms with Crippen LogP contribution in [0.4, 0.5) is 5.69 Å². The van der Waals surface area contributed by atoms with Gasteiger partial charge in [0.2, 0.25) is 0 Å². The lowest BCUT2D eigenvalue weighted by atomic mass is 10.1. The normalized spacial score (nSPS) is 19.7. The first kappa shape index (κ1) is 13.3. The van der Waals surface area contributed by atoms with Crippen molar-refractivity contribution in [2.24, 2.45) is 0 Å². The molecular weight excluding hydrogens is 244 g/mol. The van der Waals surface area contributed by atoms with Crippen molar-refractivity contribution < 1.29 is 5.11 Å². The second-order valence-corrected chi connectivity index (χ2v) is 5.31. The Morgan fingerprint density at radius 2 is 2.22 bits per heavy atom. The summed E-state index contributed by atoms with van der Waals surface area (Å²) in [4.78, 5) is 2.05. The third-order valence-corrected chi connectivity index (χ3v) is 3.89. The fourth-order valence-corrected chi connectivity index (χ4v) is 2.50. The van der Waals surface area contributed by atoms with Crippen molar-refractivity contribution in [1.82, 2.24) is 4.90 Å². The maximum atomic E-state index is 9.66. The van der Waals surface area contributed by atoms with E-state index in [2.05, 4.69) is 25.2 Å². The first-order valence-electron chi connectivity index (χ1n) is 6.38. The number of aliphatic hydroxyl groups excluding tert-OH is 1. The van der Waals surface area contributed by atoms with Gasteiger partial charge in [-0.15, -0.1) is 0 Å². The molecule has 2 N–H and O–H groups in total. The van der Waals surface area contributed by atoms with Crippen LogP contribution in [0.5, 0.6) is 0 Å². The maximum absolute atomic E-state index is 9.66. The Balaban J connectivity index is 2.04. The average molecular weight is 264 g/mol. The van der Waals surface area contributed by atoms with Gasteiger partial charge in [-0.3, -0.25) is 0 Å². The molecule has 1 heterocycles. The number of thiocarbonyl (C=S) groups is 1. The van der Waals surface area contributed by atoms with Gasteiger partial charge in [0.05, 0.1) is 6.10 Å². The summed E-state index contributed by atoms with van der Waals surface area (Å²) < 4.78 is 0. The molecule has 1 aliphatic rings. The Morgan fingerprint density at radius 3 is 2.94 bits per heavy atom. The highest BCUT2D eigenvalue weighted by atomic mass is 32.1. The molecule has 0 saturated carbocycles. The van der Waals surface area contributed by atoms with Crippen LogP contribution in [0.25, 0.3) is 0 Å². The molecule has 0 aromatic heterocycles. The number of likely N-dealkylation sites (tertiary alicyclic amines) is 1. The fourth-order valence-electron chi connectivity index (χ4n) is 2.22. The smallest absolute Gasteiger partial charge is 0.173 e. The number of hydrogen-bond acceptors (Lipinski definition) is 2. The standard InChI is InChI=1S/C14H20N2OS/c1-10-5-3-7-13(11(10)2)15-14(18)16-8-4-6-12(17)9-16/h3,5,7,12,17H,4,6,8-9H2,1-2H3,(H,15,18)/t12-/m1/s1. The van der Waals surface area contributed by atoms with Crippen molar-refractivity contribution in [3.05, 3.63) is 29.3 Å². The van der Waals surface area contributed by atoms with Gasteiger partial charge < -0.3 is 15.3 Å². The summed E-state index contributed by atoms with van der Waals surface area (Å²) >= 11 is 5.42. The van der Waals surface area contributed by atoms with Gasteiger partial charge in [-0.05, 0) is 56.1 Å². The summed E-state index contributed by atoms with van der Waals surface area (Å²) in [5.41, 5.74) is 3.53. The number of nitrogens with zero attached hydrogens (tertiary/aromatic N) is 1. The second-order valence-electron chi connectivity index (χ2n) is 4.92. The van der Waals surface area contributed by atoms with E-state index in [4.69, 9.17) is 12.2 Å². The molecule has 0 aliphatic carbocycles. The highest BCUT2D eigenvalue weighted by Gasteiger charge is 2.19. The zero-order valence-electron chi connectivity index (χ0n) is 10.9. The van der Waals surface area contributed by atoms with Gasteiger partial charge in [-0.1, -0.05) is 12.1 Å². The van der Waals surface area contributed by atoms with Gasteiger partial charge in [0, 0.05) is 18.8 Å². The van der Waals surface area contributed by atoms with Crippen molar-refractivity contribution in [1.29, 1.82) is 0 Å². The Hall–Kier alpha value is -1.13. The number of benzene rings is 1. The third-order valence-electron chi connectivity index (χ3n) is 3.53. The van der Waals surface area contributed by atoms with Crippen LogP contribution < -0.4 is 5.32 Å². The highest BCUT2D eigenvalue weighted by Crippen LogP contribution is 2.19. The van der Waals surface area contributed by atoms with E-state index in [-0.39, 0.29) is 6.10 Å². The molecule has 18 heavy (non-hydrogen) atoms. The molecule has 0 amide bonds. The van der Waals surface area contributed by atoms with Crippen molar-refractivity contribution in [3.8, 4) is 0 Å². The first-order valence-corrected chi connectivity index (χ1v) is 6.79. The SMILES string of the molecule is Cc1cccc(NC(=S)N2CCC[C@@H](O)C2)c1C. The summed E-state index contributed by atoms with van der Waals surface area (Å²) in [5.74, 6) is 0. The molecule has 2 rings (SSSR count). The Kier molecular flexibility index (Phi) is 4.19. The predicted molar refractivity (Wildman–Crippen MR) is 79.0 cm³/mol. The van der Waals surface area contributed by atoms with E-state index in [1.54, 1.807) is 0 Å². The van der Waals surface area contributed by atoms with Gasteiger partial charge in [0.25, 0.3) is 0 Å². The lowest BCUT2D eigenvalue weighted by molar-refractivity contribution is 0.104. The number of hydrogen-bond donors (Lipinski definition) is 2. The topological polar surface area (TPSA) is 35.5 Å². The number of nitrogens with one attached hydrogen (secondary N) is 1. The molecule has 0 spiro atoms. The van der Waals surface area contributed by atoms with Crippen LogP contribution in [0.3, 0.4) is 0 Å². The zero-order chi connectivity index (χ0) is 13.1. The lowest BCUT2D eigenvalue weighted by Crippen LogP contribution is -2.44. The van der Waals surface area contributed by atoms with Gasteiger partial charge in [0.15, 0.2) is 5.11 Å². The number of aliphatic hydroxyl groups is 1. The summed E-state index contributed by atoms with van der Waals surface area (Å²) in [7, 11) is 0. The first-order chi connectivity index (χ1) is 8.58. The zero-order valence-corrected chi connectivity index (χ0v) is 11.8. The van der Waals surface area contributed by atoms with Crippen LogP contribution in [0.15, 0.2) is 18.2 Å².